The van der Waals surface area contributed by atoms with E-state index in [-0.39, 0.29) is 29.7 Å². The summed E-state index contributed by atoms with van der Waals surface area (Å²) in [4.78, 5) is 2.89. The number of nitrogens with zero attached hydrogens (tertiary/aromatic N) is 3. The van der Waals surface area contributed by atoms with E-state index in [9.17, 15) is 8.78 Å². The Balaban J connectivity index is 1.96. The van der Waals surface area contributed by atoms with Crippen LogP contribution in [0, 0.1) is 11.6 Å². The first-order valence-electron chi connectivity index (χ1n) is 7.84. The number of hydrogen-bond donors (Lipinski definition) is 0. The first-order chi connectivity index (χ1) is 11.7. The molecule has 0 radical (unpaired) electrons. The van der Waals surface area contributed by atoms with Gasteiger partial charge in [-0.15, -0.1) is 0 Å². The third-order valence-electron chi connectivity index (χ3n) is 4.33. The maximum Gasteiger partial charge on any atom is 0.123 e. The molecule has 0 aromatic heterocycles. The lowest BCUT2D eigenvalue weighted by molar-refractivity contribution is -0.00135. The van der Waals surface area contributed by atoms with Gasteiger partial charge in [-0.2, -0.15) is 0 Å². The lowest BCUT2D eigenvalue weighted by Crippen LogP contribution is -2.33. The topological polar surface area (TPSA) is 58.0 Å². The van der Waals surface area contributed by atoms with Crippen LogP contribution in [0.15, 0.2) is 53.6 Å². The van der Waals surface area contributed by atoms with Gasteiger partial charge in [-0.1, -0.05) is 29.4 Å². The summed E-state index contributed by atoms with van der Waals surface area (Å²) in [6, 6.07) is 12.3. The molecule has 0 N–H and O–H groups in total. The monoisotopic (exact) mass is 329 g/mol. The molecule has 1 fully saturated rings. The molecule has 0 aliphatic carbocycles. The molecule has 1 aliphatic rings. The minimum atomic E-state index is -0.312. The molecule has 0 bridgehead atoms. The molecule has 1 aliphatic heterocycles. The summed E-state index contributed by atoms with van der Waals surface area (Å²) in [7, 11) is 0. The Hall–Kier alpha value is -2.43. The molecule has 2 aromatic rings. The summed E-state index contributed by atoms with van der Waals surface area (Å²) >= 11 is 0. The molecule has 1 heterocycles. The van der Waals surface area contributed by atoms with Crippen LogP contribution in [0.5, 0.6) is 0 Å². The lowest BCUT2D eigenvalue weighted by Gasteiger charge is -2.34. The van der Waals surface area contributed by atoms with Gasteiger partial charge in [-0.05, 0) is 53.8 Å². The van der Waals surface area contributed by atoms with Crippen LogP contribution in [0.25, 0.3) is 10.4 Å². The summed E-state index contributed by atoms with van der Waals surface area (Å²) in [5.74, 6) is -0.802. The molecule has 2 atom stereocenters. The van der Waals surface area contributed by atoms with Crippen LogP contribution in [0.3, 0.4) is 0 Å². The van der Waals surface area contributed by atoms with Crippen molar-refractivity contribution in [1.82, 2.24) is 0 Å². The SMILES string of the molecule is [N-]=[N+]=N[C@@H]1CCO[C@@H](C(c2ccc(F)cc2)c2ccc(F)cc2)C1. The average molecular weight is 329 g/mol. The minimum Gasteiger partial charge on any atom is -0.377 e. The average Bonchev–Trinajstić information content (AvgIpc) is 2.59. The summed E-state index contributed by atoms with van der Waals surface area (Å²) in [6.07, 6.45) is 1.04. The van der Waals surface area contributed by atoms with Crippen molar-refractivity contribution in [2.24, 2.45) is 5.11 Å². The van der Waals surface area contributed by atoms with Gasteiger partial charge in [0.1, 0.15) is 11.6 Å². The van der Waals surface area contributed by atoms with E-state index in [1.165, 1.54) is 24.3 Å². The molecule has 0 unspecified atom stereocenters. The van der Waals surface area contributed by atoms with Crippen LogP contribution < -0.4 is 0 Å². The van der Waals surface area contributed by atoms with Crippen molar-refractivity contribution in [3.63, 3.8) is 0 Å². The molecule has 0 spiro atoms. The van der Waals surface area contributed by atoms with Crippen molar-refractivity contribution in [3.8, 4) is 0 Å². The summed E-state index contributed by atoms with van der Waals surface area (Å²) in [5.41, 5.74) is 10.4. The quantitative estimate of drug-likeness (QED) is 0.444. The third kappa shape index (κ3) is 3.72. The van der Waals surface area contributed by atoms with Gasteiger partial charge in [-0.3, -0.25) is 0 Å². The standard InChI is InChI=1S/C18H17F2N3O/c19-14-5-1-12(2-6-14)18(13-3-7-15(20)8-4-13)17-11-16(22-23-21)9-10-24-17/h1-8,16-18H,9-11H2/t16-,17-/m1/s1. The van der Waals surface area contributed by atoms with E-state index in [1.807, 2.05) is 0 Å². The van der Waals surface area contributed by atoms with Gasteiger partial charge in [0, 0.05) is 23.5 Å². The highest BCUT2D eigenvalue weighted by atomic mass is 19.1. The van der Waals surface area contributed by atoms with E-state index >= 15 is 0 Å². The number of rotatable bonds is 4. The zero-order valence-corrected chi connectivity index (χ0v) is 13.0. The van der Waals surface area contributed by atoms with Gasteiger partial charge in [0.05, 0.1) is 6.10 Å². The molecular weight excluding hydrogens is 312 g/mol. The Morgan fingerprint density at radius 2 is 1.54 bits per heavy atom. The van der Waals surface area contributed by atoms with Crippen LogP contribution in [-0.4, -0.2) is 18.8 Å². The molecule has 6 heteroatoms. The molecule has 4 nitrogen and oxygen atoms in total. The van der Waals surface area contributed by atoms with Gasteiger partial charge < -0.3 is 4.74 Å². The van der Waals surface area contributed by atoms with Gasteiger partial charge in [0.25, 0.3) is 0 Å². The van der Waals surface area contributed by atoms with Crippen LogP contribution in [0.1, 0.15) is 29.9 Å². The highest BCUT2D eigenvalue weighted by Crippen LogP contribution is 2.35. The normalized spacial score (nSPS) is 20.6. The van der Waals surface area contributed by atoms with E-state index in [2.05, 4.69) is 10.0 Å². The Kier molecular flexibility index (Phi) is 5.08. The van der Waals surface area contributed by atoms with Gasteiger partial charge in [0.15, 0.2) is 0 Å². The molecule has 0 amide bonds. The summed E-state index contributed by atoms with van der Waals surface area (Å²) < 4.78 is 32.5. The van der Waals surface area contributed by atoms with Crippen molar-refractivity contribution >= 4 is 0 Å². The fraction of sp³-hybridized carbons (Fsp3) is 0.333. The first-order valence-corrected chi connectivity index (χ1v) is 7.84. The maximum absolute atomic E-state index is 13.3. The van der Waals surface area contributed by atoms with Crippen molar-refractivity contribution in [2.75, 3.05) is 6.61 Å². The highest BCUT2D eigenvalue weighted by molar-refractivity contribution is 5.34. The largest absolute Gasteiger partial charge is 0.377 e. The Morgan fingerprint density at radius 1 is 1.00 bits per heavy atom. The second-order valence-electron chi connectivity index (χ2n) is 5.87. The van der Waals surface area contributed by atoms with E-state index in [1.54, 1.807) is 24.3 Å². The van der Waals surface area contributed by atoms with Gasteiger partial charge in [-0.25, -0.2) is 8.78 Å². The third-order valence-corrected chi connectivity index (χ3v) is 4.33. The van der Waals surface area contributed by atoms with E-state index in [0.29, 0.717) is 19.4 Å². The number of hydrogen-bond acceptors (Lipinski definition) is 2. The summed E-state index contributed by atoms with van der Waals surface area (Å²) in [6.45, 7) is 0.493. The first kappa shape index (κ1) is 16.4. The molecular formula is C18H17F2N3O. The zero-order chi connectivity index (χ0) is 16.9. The fourth-order valence-electron chi connectivity index (χ4n) is 3.18. The number of azide groups is 1. The second-order valence-corrected chi connectivity index (χ2v) is 5.87. The number of ether oxygens (including phenoxy) is 1. The fourth-order valence-corrected chi connectivity index (χ4v) is 3.18. The molecule has 2 aromatic carbocycles. The lowest BCUT2D eigenvalue weighted by atomic mass is 9.82. The molecule has 0 saturated carbocycles. The molecule has 24 heavy (non-hydrogen) atoms. The van der Waals surface area contributed by atoms with Crippen molar-refractivity contribution in [1.29, 1.82) is 0 Å². The van der Waals surface area contributed by atoms with Gasteiger partial charge in [0.2, 0.25) is 0 Å². The Bertz CT molecular complexity index is 681. The van der Waals surface area contributed by atoms with Crippen molar-refractivity contribution < 1.29 is 13.5 Å². The molecule has 124 valence electrons. The predicted octanol–water partition coefficient (Wildman–Crippen LogP) is 4.95. The van der Waals surface area contributed by atoms with E-state index < -0.39 is 0 Å². The van der Waals surface area contributed by atoms with Crippen LogP contribution >= 0.6 is 0 Å². The van der Waals surface area contributed by atoms with E-state index in [4.69, 9.17) is 10.3 Å². The van der Waals surface area contributed by atoms with Crippen LogP contribution in [0.2, 0.25) is 0 Å². The molecule has 1 saturated heterocycles. The number of benzene rings is 2. The van der Waals surface area contributed by atoms with Crippen LogP contribution in [0.4, 0.5) is 8.78 Å². The van der Waals surface area contributed by atoms with E-state index in [0.717, 1.165) is 11.1 Å². The van der Waals surface area contributed by atoms with Gasteiger partial charge >= 0.3 is 0 Å². The Morgan fingerprint density at radius 3 is 2.04 bits per heavy atom. The zero-order valence-electron chi connectivity index (χ0n) is 13.0. The Labute approximate surface area is 138 Å². The smallest absolute Gasteiger partial charge is 0.123 e. The minimum absolute atomic E-state index is 0.128. The molecule has 3 rings (SSSR count). The second kappa shape index (κ2) is 7.43. The predicted molar refractivity (Wildman–Crippen MR) is 86.6 cm³/mol. The number of halogens is 2. The maximum atomic E-state index is 13.3. The van der Waals surface area contributed by atoms with Crippen molar-refractivity contribution in [2.45, 2.75) is 30.9 Å². The van der Waals surface area contributed by atoms with Crippen molar-refractivity contribution in [3.05, 3.63) is 81.7 Å². The highest BCUT2D eigenvalue weighted by Gasteiger charge is 2.31. The van der Waals surface area contributed by atoms with Crippen LogP contribution in [-0.2, 0) is 4.74 Å². The summed E-state index contributed by atoms with van der Waals surface area (Å²) in [5, 5.41) is 3.81.